The fourth-order valence-electron chi connectivity index (χ4n) is 2.83. The van der Waals surface area contributed by atoms with Crippen molar-refractivity contribution in [2.45, 2.75) is 40.5 Å². The van der Waals surface area contributed by atoms with Gasteiger partial charge in [0, 0.05) is 17.2 Å². The molecule has 2 rings (SSSR count). The van der Waals surface area contributed by atoms with E-state index in [1.54, 1.807) is 12.1 Å². The van der Waals surface area contributed by atoms with Crippen LogP contribution in [0, 0.1) is 0 Å². The number of phenolic OH excluding ortho intramolecular Hbond substituents is 4. The SMILES string of the molecule is CC(C)=CCc1c(O)cc(O)c(CC=C(C)C)c1/C=C/c1ccc(O)c(O)c1. The maximum atomic E-state index is 10.5. The molecule has 0 radical (unpaired) electrons. The fourth-order valence-corrected chi connectivity index (χ4v) is 2.83. The number of phenols is 4. The van der Waals surface area contributed by atoms with Gasteiger partial charge in [-0.1, -0.05) is 41.5 Å². The summed E-state index contributed by atoms with van der Waals surface area (Å²) in [4.78, 5) is 0. The zero-order chi connectivity index (χ0) is 20.8. The summed E-state index contributed by atoms with van der Waals surface area (Å²) in [7, 11) is 0. The second-order valence-electron chi connectivity index (χ2n) is 7.34. The number of hydrogen-bond acceptors (Lipinski definition) is 4. The van der Waals surface area contributed by atoms with Gasteiger partial charge in [-0.15, -0.1) is 0 Å². The van der Waals surface area contributed by atoms with Gasteiger partial charge in [0.15, 0.2) is 11.5 Å². The lowest BCUT2D eigenvalue weighted by Crippen LogP contribution is -1.97. The van der Waals surface area contributed by atoms with Crippen LogP contribution in [0.3, 0.4) is 0 Å². The van der Waals surface area contributed by atoms with E-state index in [1.807, 2.05) is 45.9 Å². The van der Waals surface area contributed by atoms with Crippen molar-refractivity contribution in [3.63, 3.8) is 0 Å². The molecule has 148 valence electrons. The Morgan fingerprint density at radius 1 is 0.679 bits per heavy atom. The van der Waals surface area contributed by atoms with E-state index < -0.39 is 0 Å². The van der Waals surface area contributed by atoms with Gasteiger partial charge in [0.05, 0.1) is 0 Å². The molecule has 0 spiro atoms. The van der Waals surface area contributed by atoms with Crippen LogP contribution in [0.15, 0.2) is 47.6 Å². The average Bonchev–Trinajstić information content (AvgIpc) is 2.60. The molecule has 0 aromatic heterocycles. The predicted octanol–water partition coefficient (Wildman–Crippen LogP) is 5.70. The molecule has 0 saturated heterocycles. The monoisotopic (exact) mass is 380 g/mol. The van der Waals surface area contributed by atoms with Gasteiger partial charge in [-0.2, -0.15) is 0 Å². The molecule has 2 aromatic carbocycles. The minimum absolute atomic E-state index is 0.0455. The molecule has 0 fully saturated rings. The highest BCUT2D eigenvalue weighted by Gasteiger charge is 2.15. The van der Waals surface area contributed by atoms with E-state index in [-0.39, 0.29) is 23.0 Å². The van der Waals surface area contributed by atoms with E-state index in [4.69, 9.17) is 0 Å². The molecule has 0 bridgehead atoms. The van der Waals surface area contributed by atoms with Crippen molar-refractivity contribution in [1.82, 2.24) is 0 Å². The second-order valence-corrected chi connectivity index (χ2v) is 7.34. The predicted molar refractivity (Wildman–Crippen MR) is 115 cm³/mol. The molecule has 0 saturated carbocycles. The quantitative estimate of drug-likeness (QED) is 0.294. The maximum absolute atomic E-state index is 10.5. The second kappa shape index (κ2) is 9.18. The fraction of sp³-hybridized carbons (Fsp3) is 0.250. The third kappa shape index (κ3) is 5.43. The van der Waals surface area contributed by atoms with Crippen LogP contribution >= 0.6 is 0 Å². The molecule has 0 heterocycles. The largest absolute Gasteiger partial charge is 0.507 e. The first-order chi connectivity index (χ1) is 13.2. The molecular formula is C24H28O4. The highest BCUT2D eigenvalue weighted by molar-refractivity contribution is 5.77. The van der Waals surface area contributed by atoms with Crippen LogP contribution in [0.5, 0.6) is 23.0 Å². The molecule has 0 aliphatic heterocycles. The molecule has 28 heavy (non-hydrogen) atoms. The molecule has 4 nitrogen and oxygen atoms in total. The van der Waals surface area contributed by atoms with Crippen molar-refractivity contribution >= 4 is 12.2 Å². The molecule has 0 amide bonds. The lowest BCUT2D eigenvalue weighted by atomic mass is 9.93. The summed E-state index contributed by atoms with van der Waals surface area (Å²) in [5.74, 6) is -0.288. The highest BCUT2D eigenvalue weighted by Crippen LogP contribution is 2.35. The molecule has 4 N–H and O–H groups in total. The van der Waals surface area contributed by atoms with Gasteiger partial charge >= 0.3 is 0 Å². The van der Waals surface area contributed by atoms with Crippen LogP contribution in [0.25, 0.3) is 12.2 Å². The minimum atomic E-state index is -0.199. The Hall–Kier alpha value is -3.14. The lowest BCUT2D eigenvalue weighted by molar-refractivity contribution is 0.403. The first-order valence-electron chi connectivity index (χ1n) is 9.22. The summed E-state index contributed by atoms with van der Waals surface area (Å²) in [5, 5.41) is 40.1. The van der Waals surface area contributed by atoms with Gasteiger partial charge in [0.25, 0.3) is 0 Å². The Balaban J connectivity index is 2.60. The number of hydrogen-bond donors (Lipinski definition) is 4. The van der Waals surface area contributed by atoms with Crippen LogP contribution < -0.4 is 0 Å². The molecule has 0 unspecified atom stereocenters. The first-order valence-corrected chi connectivity index (χ1v) is 9.22. The summed E-state index contributed by atoms with van der Waals surface area (Å²) in [6.07, 6.45) is 8.74. The van der Waals surface area contributed by atoms with Crippen molar-refractivity contribution in [3.05, 3.63) is 69.8 Å². The Kier molecular flexibility index (Phi) is 6.94. The number of rotatable bonds is 6. The third-order valence-corrected chi connectivity index (χ3v) is 4.41. The summed E-state index contributed by atoms with van der Waals surface area (Å²) >= 11 is 0. The lowest BCUT2D eigenvalue weighted by Gasteiger charge is -2.15. The third-order valence-electron chi connectivity index (χ3n) is 4.41. The van der Waals surface area contributed by atoms with Gasteiger partial charge in [-0.25, -0.2) is 0 Å². The standard InChI is InChI=1S/C24H28O4/c1-15(2)5-9-19-18(11-7-17-8-12-21(25)24(28)13-17)20(10-6-16(3)4)23(27)14-22(19)26/h5-8,11-14,25-28H,9-10H2,1-4H3/b11-7+. The van der Waals surface area contributed by atoms with E-state index in [1.165, 1.54) is 18.2 Å². The Labute approximate surface area is 166 Å². The molecular weight excluding hydrogens is 352 g/mol. The van der Waals surface area contributed by atoms with Gasteiger partial charge in [-0.3, -0.25) is 0 Å². The van der Waals surface area contributed by atoms with Crippen LogP contribution in [0.1, 0.15) is 49.9 Å². The molecule has 2 aromatic rings. The smallest absolute Gasteiger partial charge is 0.157 e. The molecule has 0 aliphatic carbocycles. The molecule has 0 aliphatic rings. The van der Waals surface area contributed by atoms with Crippen molar-refractivity contribution in [3.8, 4) is 23.0 Å². The first kappa shape index (κ1) is 21.2. The molecule has 0 atom stereocenters. The topological polar surface area (TPSA) is 80.9 Å². The van der Waals surface area contributed by atoms with Gasteiger partial charge in [0.2, 0.25) is 0 Å². The van der Waals surface area contributed by atoms with Crippen LogP contribution in [-0.2, 0) is 12.8 Å². The zero-order valence-electron chi connectivity index (χ0n) is 16.8. The summed E-state index contributed by atoms with van der Waals surface area (Å²) in [6.45, 7) is 7.99. The highest BCUT2D eigenvalue weighted by atomic mass is 16.3. The van der Waals surface area contributed by atoms with Gasteiger partial charge < -0.3 is 20.4 Å². The van der Waals surface area contributed by atoms with Crippen LogP contribution in [0.2, 0.25) is 0 Å². The van der Waals surface area contributed by atoms with E-state index in [0.717, 1.165) is 27.8 Å². The number of benzene rings is 2. The van der Waals surface area contributed by atoms with Gasteiger partial charge in [0.1, 0.15) is 11.5 Å². The average molecular weight is 380 g/mol. The van der Waals surface area contributed by atoms with E-state index >= 15 is 0 Å². The summed E-state index contributed by atoms with van der Waals surface area (Å²) in [6, 6.07) is 5.95. The van der Waals surface area contributed by atoms with Crippen molar-refractivity contribution in [1.29, 1.82) is 0 Å². The summed E-state index contributed by atoms with van der Waals surface area (Å²) in [5.41, 5.74) is 5.18. The van der Waals surface area contributed by atoms with Crippen LogP contribution in [-0.4, -0.2) is 20.4 Å². The van der Waals surface area contributed by atoms with E-state index in [9.17, 15) is 20.4 Å². The minimum Gasteiger partial charge on any atom is -0.507 e. The molecule has 4 heteroatoms. The van der Waals surface area contributed by atoms with E-state index in [0.29, 0.717) is 18.4 Å². The Bertz CT molecular complexity index is 897. The summed E-state index contributed by atoms with van der Waals surface area (Å²) < 4.78 is 0. The van der Waals surface area contributed by atoms with Crippen molar-refractivity contribution in [2.24, 2.45) is 0 Å². The number of allylic oxidation sites excluding steroid dienone is 4. The number of aromatic hydroxyl groups is 4. The van der Waals surface area contributed by atoms with E-state index in [2.05, 4.69) is 0 Å². The Morgan fingerprint density at radius 2 is 1.21 bits per heavy atom. The zero-order valence-corrected chi connectivity index (χ0v) is 16.8. The maximum Gasteiger partial charge on any atom is 0.157 e. The van der Waals surface area contributed by atoms with Crippen molar-refractivity contribution in [2.75, 3.05) is 0 Å². The van der Waals surface area contributed by atoms with Crippen LogP contribution in [0.4, 0.5) is 0 Å². The normalized spacial score (nSPS) is 10.9. The van der Waals surface area contributed by atoms with Crippen molar-refractivity contribution < 1.29 is 20.4 Å². The Morgan fingerprint density at radius 3 is 1.68 bits per heavy atom. The van der Waals surface area contributed by atoms with Gasteiger partial charge in [-0.05, 0) is 63.8 Å².